The molecule has 2 rings (SSSR count). The molecule has 0 aliphatic heterocycles. The molecule has 0 spiro atoms. The average molecular weight is 231 g/mol. The molecule has 2 aromatic rings. The minimum absolute atomic E-state index is 0.275. The van der Waals surface area contributed by atoms with E-state index in [0.717, 1.165) is 17.7 Å². The van der Waals surface area contributed by atoms with Crippen molar-refractivity contribution in [2.24, 2.45) is 0 Å². The van der Waals surface area contributed by atoms with Crippen molar-refractivity contribution in [1.82, 2.24) is 4.98 Å². The molecule has 0 amide bonds. The Labute approximate surface area is 100 Å². The second-order valence-electron chi connectivity index (χ2n) is 3.83. The molecule has 17 heavy (non-hydrogen) atoms. The van der Waals surface area contributed by atoms with Gasteiger partial charge in [0.1, 0.15) is 11.6 Å². The fourth-order valence-electron chi connectivity index (χ4n) is 1.54. The molecule has 0 aliphatic rings. The smallest absolute Gasteiger partial charge is 0.126 e. The largest absolute Gasteiger partial charge is 0.493 e. The second kappa shape index (κ2) is 5.43. The second-order valence-corrected chi connectivity index (χ2v) is 3.83. The maximum atomic E-state index is 13.0. The molecule has 2 nitrogen and oxygen atoms in total. The highest BCUT2D eigenvalue weighted by Gasteiger charge is 2.01. The van der Waals surface area contributed by atoms with E-state index in [1.165, 1.54) is 12.1 Å². The van der Waals surface area contributed by atoms with Crippen molar-refractivity contribution in [3.63, 3.8) is 0 Å². The summed E-state index contributed by atoms with van der Waals surface area (Å²) in [5, 5.41) is 0. The van der Waals surface area contributed by atoms with E-state index in [-0.39, 0.29) is 5.82 Å². The van der Waals surface area contributed by atoms with E-state index >= 15 is 0 Å². The van der Waals surface area contributed by atoms with Crippen molar-refractivity contribution < 1.29 is 9.13 Å². The van der Waals surface area contributed by atoms with Crippen molar-refractivity contribution in [2.45, 2.75) is 13.3 Å². The Hall–Kier alpha value is -1.90. The van der Waals surface area contributed by atoms with Gasteiger partial charge in [0, 0.05) is 24.4 Å². The molecular weight excluding hydrogens is 217 g/mol. The molecule has 1 aromatic carbocycles. The normalized spacial score (nSPS) is 10.2. The van der Waals surface area contributed by atoms with Crippen molar-refractivity contribution in [2.75, 3.05) is 6.61 Å². The van der Waals surface area contributed by atoms with Crippen LogP contribution in [0.15, 0.2) is 42.6 Å². The van der Waals surface area contributed by atoms with Crippen molar-refractivity contribution in [3.8, 4) is 5.75 Å². The summed E-state index contributed by atoms with van der Waals surface area (Å²) in [5.74, 6) is 0.323. The SMILES string of the molecule is Cc1ccc(F)cc1OCCc1ccccn1. The summed E-state index contributed by atoms with van der Waals surface area (Å²) in [6.07, 6.45) is 2.47. The molecule has 3 heteroatoms. The Balaban J connectivity index is 1.92. The minimum Gasteiger partial charge on any atom is -0.493 e. The molecule has 0 radical (unpaired) electrons. The number of pyridine rings is 1. The maximum absolute atomic E-state index is 13.0. The van der Waals surface area contributed by atoms with Gasteiger partial charge in [-0.15, -0.1) is 0 Å². The molecule has 0 aliphatic carbocycles. The molecule has 0 fully saturated rings. The molecular formula is C14H14FNO. The fourth-order valence-corrected chi connectivity index (χ4v) is 1.54. The van der Waals surface area contributed by atoms with E-state index in [9.17, 15) is 4.39 Å². The Morgan fingerprint density at radius 2 is 2.12 bits per heavy atom. The first-order chi connectivity index (χ1) is 8.25. The molecule has 0 unspecified atom stereocenters. The maximum Gasteiger partial charge on any atom is 0.126 e. The zero-order valence-corrected chi connectivity index (χ0v) is 9.69. The number of rotatable bonds is 4. The van der Waals surface area contributed by atoms with Gasteiger partial charge in [-0.1, -0.05) is 12.1 Å². The molecule has 1 heterocycles. The number of hydrogen-bond acceptors (Lipinski definition) is 2. The quantitative estimate of drug-likeness (QED) is 0.806. The predicted octanol–water partition coefficient (Wildman–Crippen LogP) is 3.15. The Kier molecular flexibility index (Phi) is 3.70. The molecule has 0 saturated carbocycles. The lowest BCUT2D eigenvalue weighted by Crippen LogP contribution is -2.03. The molecule has 0 saturated heterocycles. The van der Waals surface area contributed by atoms with Crippen LogP contribution >= 0.6 is 0 Å². The summed E-state index contributed by atoms with van der Waals surface area (Å²) in [6, 6.07) is 10.3. The predicted molar refractivity (Wildman–Crippen MR) is 64.6 cm³/mol. The molecule has 1 aromatic heterocycles. The van der Waals surface area contributed by atoms with Crippen LogP contribution < -0.4 is 4.74 Å². The van der Waals surface area contributed by atoms with Gasteiger partial charge in [0.15, 0.2) is 0 Å². The van der Waals surface area contributed by atoms with Gasteiger partial charge in [-0.25, -0.2) is 4.39 Å². The first-order valence-corrected chi connectivity index (χ1v) is 5.54. The number of ether oxygens (including phenoxy) is 1. The third-order valence-electron chi connectivity index (χ3n) is 2.49. The van der Waals surface area contributed by atoms with Gasteiger partial charge in [-0.05, 0) is 30.7 Å². The summed E-state index contributed by atoms with van der Waals surface area (Å²) in [7, 11) is 0. The molecule has 88 valence electrons. The third kappa shape index (κ3) is 3.28. The van der Waals surface area contributed by atoms with Crippen LogP contribution in [-0.4, -0.2) is 11.6 Å². The van der Waals surface area contributed by atoms with Crippen molar-refractivity contribution in [1.29, 1.82) is 0 Å². The molecule has 0 atom stereocenters. The standard InChI is InChI=1S/C14H14FNO/c1-11-5-6-12(15)10-14(11)17-9-7-13-4-2-3-8-16-13/h2-6,8,10H,7,9H2,1H3. The van der Waals surface area contributed by atoms with Crippen LogP contribution in [0.3, 0.4) is 0 Å². The van der Waals surface area contributed by atoms with Gasteiger partial charge in [0.05, 0.1) is 6.61 Å². The number of halogens is 1. The van der Waals surface area contributed by atoms with Gasteiger partial charge in [0.25, 0.3) is 0 Å². The Bertz CT molecular complexity index is 485. The van der Waals surface area contributed by atoms with Crippen LogP contribution in [0.2, 0.25) is 0 Å². The summed E-state index contributed by atoms with van der Waals surface area (Å²) in [4.78, 5) is 4.20. The van der Waals surface area contributed by atoms with E-state index in [1.54, 1.807) is 12.3 Å². The van der Waals surface area contributed by atoms with Crippen LogP contribution in [0.4, 0.5) is 4.39 Å². The Morgan fingerprint density at radius 3 is 2.88 bits per heavy atom. The van der Waals surface area contributed by atoms with Crippen LogP contribution in [-0.2, 0) is 6.42 Å². The Morgan fingerprint density at radius 1 is 1.24 bits per heavy atom. The van der Waals surface area contributed by atoms with E-state index in [1.807, 2.05) is 25.1 Å². The highest BCUT2D eigenvalue weighted by atomic mass is 19.1. The summed E-state index contributed by atoms with van der Waals surface area (Å²) in [5.41, 5.74) is 1.91. The third-order valence-corrected chi connectivity index (χ3v) is 2.49. The van der Waals surface area contributed by atoms with Gasteiger partial charge in [-0.3, -0.25) is 4.98 Å². The summed E-state index contributed by atoms with van der Waals surface area (Å²) >= 11 is 0. The zero-order valence-electron chi connectivity index (χ0n) is 9.69. The minimum atomic E-state index is -0.275. The van der Waals surface area contributed by atoms with E-state index in [0.29, 0.717) is 12.4 Å². The number of benzene rings is 1. The monoisotopic (exact) mass is 231 g/mol. The van der Waals surface area contributed by atoms with Gasteiger partial charge < -0.3 is 4.74 Å². The molecule has 0 N–H and O–H groups in total. The van der Waals surface area contributed by atoms with E-state index < -0.39 is 0 Å². The number of aryl methyl sites for hydroxylation is 1. The zero-order chi connectivity index (χ0) is 12.1. The lowest BCUT2D eigenvalue weighted by Gasteiger charge is -2.08. The topological polar surface area (TPSA) is 22.1 Å². The average Bonchev–Trinajstić information content (AvgIpc) is 2.35. The van der Waals surface area contributed by atoms with E-state index in [2.05, 4.69) is 4.98 Å². The van der Waals surface area contributed by atoms with E-state index in [4.69, 9.17) is 4.74 Å². The number of aromatic nitrogens is 1. The number of nitrogens with zero attached hydrogens (tertiary/aromatic N) is 1. The van der Waals surface area contributed by atoms with Crippen molar-refractivity contribution >= 4 is 0 Å². The summed E-state index contributed by atoms with van der Waals surface area (Å²) in [6.45, 7) is 2.40. The van der Waals surface area contributed by atoms with Crippen LogP contribution in [0.1, 0.15) is 11.3 Å². The van der Waals surface area contributed by atoms with Crippen LogP contribution in [0.5, 0.6) is 5.75 Å². The first kappa shape index (κ1) is 11.6. The van der Waals surface area contributed by atoms with Gasteiger partial charge >= 0.3 is 0 Å². The fraction of sp³-hybridized carbons (Fsp3) is 0.214. The number of hydrogen-bond donors (Lipinski definition) is 0. The van der Waals surface area contributed by atoms with Gasteiger partial charge in [-0.2, -0.15) is 0 Å². The highest BCUT2D eigenvalue weighted by Crippen LogP contribution is 2.18. The van der Waals surface area contributed by atoms with Crippen LogP contribution in [0, 0.1) is 12.7 Å². The van der Waals surface area contributed by atoms with Gasteiger partial charge in [0.2, 0.25) is 0 Å². The first-order valence-electron chi connectivity index (χ1n) is 5.54. The molecule has 0 bridgehead atoms. The summed E-state index contributed by atoms with van der Waals surface area (Å²) < 4.78 is 18.5. The lowest BCUT2D eigenvalue weighted by atomic mass is 10.2. The highest BCUT2D eigenvalue weighted by molar-refractivity contribution is 5.32. The van der Waals surface area contributed by atoms with Crippen LogP contribution in [0.25, 0.3) is 0 Å². The lowest BCUT2D eigenvalue weighted by molar-refractivity contribution is 0.316. The van der Waals surface area contributed by atoms with Crippen molar-refractivity contribution in [3.05, 3.63) is 59.7 Å².